The summed E-state index contributed by atoms with van der Waals surface area (Å²) < 4.78 is 16.1. The van der Waals surface area contributed by atoms with Crippen molar-refractivity contribution in [2.24, 2.45) is 5.92 Å². The van der Waals surface area contributed by atoms with Crippen molar-refractivity contribution in [3.05, 3.63) is 0 Å². The third-order valence-corrected chi connectivity index (χ3v) is 2.62. The molecule has 0 saturated carbocycles. The van der Waals surface area contributed by atoms with E-state index in [1.165, 1.54) is 0 Å². The summed E-state index contributed by atoms with van der Waals surface area (Å²) in [6, 6.07) is 0.273. The van der Waals surface area contributed by atoms with Gasteiger partial charge in [0, 0.05) is 26.1 Å². The molecule has 0 spiro atoms. The first-order valence-electron chi connectivity index (χ1n) is 4.38. The highest BCUT2D eigenvalue weighted by molar-refractivity contribution is 6.11. The van der Waals surface area contributed by atoms with E-state index in [1.54, 1.807) is 14.2 Å². The minimum absolute atomic E-state index is 0.102. The van der Waals surface area contributed by atoms with Gasteiger partial charge in [-0.25, -0.2) is 0 Å². The van der Waals surface area contributed by atoms with Crippen molar-refractivity contribution >= 4 is 7.85 Å². The maximum absolute atomic E-state index is 5.67. The van der Waals surface area contributed by atoms with Crippen molar-refractivity contribution in [2.45, 2.75) is 25.1 Å². The maximum atomic E-state index is 5.67. The molecular formula is C8H17BO3. The first-order chi connectivity index (χ1) is 5.70. The van der Waals surface area contributed by atoms with E-state index in [0.717, 1.165) is 0 Å². The zero-order chi connectivity index (χ0) is 9.14. The molecule has 0 unspecified atom stereocenters. The van der Waals surface area contributed by atoms with Crippen LogP contribution in [0.3, 0.4) is 0 Å². The smallest absolute Gasteiger partial charge is 0.139 e. The lowest BCUT2D eigenvalue weighted by Gasteiger charge is -2.18. The largest absolute Gasteiger partial charge is 0.382 e. The van der Waals surface area contributed by atoms with E-state index in [0.29, 0.717) is 12.5 Å². The molecule has 0 N–H and O–H groups in total. The van der Waals surface area contributed by atoms with E-state index in [4.69, 9.17) is 14.2 Å². The molecule has 0 aromatic rings. The Morgan fingerprint density at radius 3 is 2.58 bits per heavy atom. The van der Waals surface area contributed by atoms with Crippen LogP contribution in [0.1, 0.15) is 6.92 Å². The molecular weight excluding hydrogens is 155 g/mol. The molecule has 4 atom stereocenters. The third kappa shape index (κ3) is 1.81. The fourth-order valence-electron chi connectivity index (χ4n) is 1.75. The number of rotatable bonds is 3. The first kappa shape index (κ1) is 10.0. The van der Waals surface area contributed by atoms with Gasteiger partial charge >= 0.3 is 0 Å². The Kier molecular flexibility index (Phi) is 3.56. The van der Waals surface area contributed by atoms with Crippen molar-refractivity contribution in [3.63, 3.8) is 0 Å². The molecule has 1 rings (SSSR count). The monoisotopic (exact) mass is 172 g/mol. The van der Waals surface area contributed by atoms with Gasteiger partial charge in [-0.2, -0.15) is 0 Å². The molecule has 0 amide bonds. The van der Waals surface area contributed by atoms with Crippen LogP contribution < -0.4 is 0 Å². The number of hydrogen-bond donors (Lipinski definition) is 0. The van der Waals surface area contributed by atoms with Crippen molar-refractivity contribution in [1.29, 1.82) is 0 Å². The second-order valence-corrected chi connectivity index (χ2v) is 3.39. The zero-order valence-electron chi connectivity index (χ0n) is 8.24. The van der Waals surface area contributed by atoms with Crippen LogP contribution >= 0.6 is 0 Å². The van der Waals surface area contributed by atoms with E-state index in [1.807, 2.05) is 0 Å². The minimum Gasteiger partial charge on any atom is -0.382 e. The fourth-order valence-corrected chi connectivity index (χ4v) is 1.75. The number of methoxy groups -OCH3 is 2. The standard InChI is InChI=1S/C8H17BO3/c1-5-7(11-3)6(4-10-2)12-8(5)9/h5-8H,4,9H2,1-3H3/t5-,6-,7+,8-/m1/s1. The fraction of sp³-hybridized carbons (Fsp3) is 1.00. The second kappa shape index (κ2) is 4.26. The zero-order valence-corrected chi connectivity index (χ0v) is 8.24. The summed E-state index contributed by atoms with van der Waals surface area (Å²) in [5.41, 5.74) is 0. The highest BCUT2D eigenvalue weighted by Crippen LogP contribution is 2.27. The Balaban J connectivity index is 2.52. The minimum atomic E-state index is 0.102. The lowest BCUT2D eigenvalue weighted by Crippen LogP contribution is -2.31. The second-order valence-electron chi connectivity index (χ2n) is 3.39. The lowest BCUT2D eigenvalue weighted by molar-refractivity contribution is -0.0335. The van der Waals surface area contributed by atoms with Crippen LogP contribution in [-0.2, 0) is 14.2 Å². The van der Waals surface area contributed by atoms with Crippen molar-refractivity contribution in [2.75, 3.05) is 20.8 Å². The molecule has 0 aliphatic carbocycles. The Hall–Kier alpha value is -0.0551. The molecule has 1 fully saturated rings. The molecule has 1 heterocycles. The summed E-state index contributed by atoms with van der Waals surface area (Å²) in [6.45, 7) is 2.77. The normalized spacial score (nSPS) is 41.9. The van der Waals surface area contributed by atoms with E-state index in [-0.39, 0.29) is 18.2 Å². The first-order valence-corrected chi connectivity index (χ1v) is 4.38. The summed E-state index contributed by atoms with van der Waals surface area (Å²) in [7, 11) is 5.49. The highest BCUT2D eigenvalue weighted by Gasteiger charge is 2.39. The molecule has 0 aromatic heterocycles. The molecule has 0 bridgehead atoms. The quantitative estimate of drug-likeness (QED) is 0.544. The van der Waals surface area contributed by atoms with Gasteiger partial charge in [0.05, 0.1) is 12.7 Å². The number of ether oxygens (including phenoxy) is 3. The van der Waals surface area contributed by atoms with Crippen LogP contribution in [0.4, 0.5) is 0 Å². The predicted octanol–water partition coefficient (Wildman–Crippen LogP) is -0.358. The SMILES string of the molecule is B[C@@H]1O[C@H](COC)[C@@H](OC)[C@H]1C. The Labute approximate surface area is 74.8 Å². The lowest BCUT2D eigenvalue weighted by atomic mass is 9.86. The average Bonchev–Trinajstić information content (AvgIpc) is 2.29. The van der Waals surface area contributed by atoms with Gasteiger partial charge in [0.25, 0.3) is 0 Å². The maximum Gasteiger partial charge on any atom is 0.139 e. The summed E-state index contributed by atoms with van der Waals surface area (Å²) in [6.07, 6.45) is 0.282. The van der Waals surface area contributed by atoms with Crippen LogP contribution in [0.2, 0.25) is 0 Å². The van der Waals surface area contributed by atoms with E-state index < -0.39 is 0 Å². The van der Waals surface area contributed by atoms with Gasteiger partial charge in [-0.3, -0.25) is 0 Å². The summed E-state index contributed by atoms with van der Waals surface area (Å²) in [5.74, 6) is 0.454. The van der Waals surface area contributed by atoms with Crippen LogP contribution in [0.25, 0.3) is 0 Å². The Morgan fingerprint density at radius 1 is 1.42 bits per heavy atom. The van der Waals surface area contributed by atoms with Gasteiger partial charge < -0.3 is 14.2 Å². The molecule has 3 nitrogen and oxygen atoms in total. The summed E-state index contributed by atoms with van der Waals surface area (Å²) >= 11 is 0. The van der Waals surface area contributed by atoms with Crippen LogP contribution in [0, 0.1) is 5.92 Å². The van der Waals surface area contributed by atoms with E-state index in [2.05, 4.69) is 14.8 Å². The molecule has 4 heteroatoms. The van der Waals surface area contributed by atoms with Crippen LogP contribution in [0.15, 0.2) is 0 Å². The van der Waals surface area contributed by atoms with Gasteiger partial charge in [0.2, 0.25) is 0 Å². The van der Waals surface area contributed by atoms with Crippen molar-refractivity contribution < 1.29 is 14.2 Å². The molecule has 0 radical (unpaired) electrons. The van der Waals surface area contributed by atoms with Crippen LogP contribution in [-0.4, -0.2) is 46.9 Å². The van der Waals surface area contributed by atoms with Gasteiger partial charge in [-0.1, -0.05) is 6.92 Å². The van der Waals surface area contributed by atoms with Crippen LogP contribution in [0.5, 0.6) is 0 Å². The van der Waals surface area contributed by atoms with Gasteiger partial charge in [-0.05, 0) is 0 Å². The Bertz CT molecular complexity index is 142. The number of hydrogen-bond acceptors (Lipinski definition) is 3. The van der Waals surface area contributed by atoms with E-state index >= 15 is 0 Å². The molecule has 70 valence electrons. The third-order valence-electron chi connectivity index (χ3n) is 2.62. The summed E-state index contributed by atoms with van der Waals surface area (Å²) in [4.78, 5) is 0. The Morgan fingerprint density at radius 2 is 2.08 bits per heavy atom. The van der Waals surface area contributed by atoms with E-state index in [9.17, 15) is 0 Å². The van der Waals surface area contributed by atoms with Gasteiger partial charge in [0.15, 0.2) is 0 Å². The topological polar surface area (TPSA) is 27.7 Å². The average molecular weight is 172 g/mol. The van der Waals surface area contributed by atoms with Gasteiger partial charge in [-0.15, -0.1) is 0 Å². The molecule has 12 heavy (non-hydrogen) atoms. The summed E-state index contributed by atoms with van der Waals surface area (Å²) in [5, 5.41) is 0. The molecule has 1 saturated heterocycles. The highest BCUT2D eigenvalue weighted by atomic mass is 16.6. The molecule has 1 aliphatic heterocycles. The molecule has 0 aromatic carbocycles. The van der Waals surface area contributed by atoms with Gasteiger partial charge in [0.1, 0.15) is 14.0 Å². The van der Waals surface area contributed by atoms with Crippen molar-refractivity contribution in [3.8, 4) is 0 Å². The van der Waals surface area contributed by atoms with Crippen molar-refractivity contribution in [1.82, 2.24) is 0 Å². The molecule has 1 aliphatic rings. The predicted molar refractivity (Wildman–Crippen MR) is 49.0 cm³/mol.